The van der Waals surface area contributed by atoms with Crippen LogP contribution in [-0.2, 0) is 27.3 Å². The number of methoxy groups -OCH3 is 1. The number of nitrogens with zero attached hydrogens (tertiary/aromatic N) is 3. The van der Waals surface area contributed by atoms with Crippen LogP contribution < -0.4 is 5.32 Å². The van der Waals surface area contributed by atoms with E-state index in [1.165, 1.54) is 24.4 Å². The lowest BCUT2D eigenvalue weighted by atomic mass is 10.0. The van der Waals surface area contributed by atoms with E-state index < -0.39 is 12.0 Å². The van der Waals surface area contributed by atoms with Crippen molar-refractivity contribution in [3.8, 4) is 0 Å². The first-order chi connectivity index (χ1) is 13.9. The van der Waals surface area contributed by atoms with Gasteiger partial charge in [0, 0.05) is 13.0 Å². The molecule has 29 heavy (non-hydrogen) atoms. The number of aromatic nitrogens is 3. The van der Waals surface area contributed by atoms with E-state index in [9.17, 15) is 9.59 Å². The summed E-state index contributed by atoms with van der Waals surface area (Å²) in [7, 11) is 1.33. The third-order valence-corrected chi connectivity index (χ3v) is 5.27. The van der Waals surface area contributed by atoms with Crippen molar-refractivity contribution in [1.82, 2.24) is 20.1 Å². The van der Waals surface area contributed by atoms with E-state index in [0.29, 0.717) is 18.0 Å². The molecule has 158 valence electrons. The van der Waals surface area contributed by atoms with Gasteiger partial charge < -0.3 is 14.6 Å². The number of ether oxygens (including phenoxy) is 1. The Labute approximate surface area is 176 Å². The van der Waals surface area contributed by atoms with Gasteiger partial charge in [0.15, 0.2) is 5.16 Å². The number of amides is 1. The molecule has 2 rings (SSSR count). The first-order valence-electron chi connectivity index (χ1n) is 9.90. The topological polar surface area (TPSA) is 86.1 Å². The van der Waals surface area contributed by atoms with Crippen molar-refractivity contribution in [3.05, 3.63) is 41.7 Å². The first kappa shape index (κ1) is 22.9. The molecule has 7 nitrogen and oxygen atoms in total. The summed E-state index contributed by atoms with van der Waals surface area (Å²) in [6.45, 7) is 6.88. The molecule has 0 aliphatic rings. The highest BCUT2D eigenvalue weighted by Crippen LogP contribution is 2.19. The molecule has 1 heterocycles. The summed E-state index contributed by atoms with van der Waals surface area (Å²) in [5, 5.41) is 12.1. The number of carbonyl (C=O) groups is 2. The zero-order valence-electron chi connectivity index (χ0n) is 17.6. The maximum Gasteiger partial charge on any atom is 0.328 e. The van der Waals surface area contributed by atoms with Crippen LogP contribution in [0.1, 0.15) is 45.0 Å². The Morgan fingerprint density at radius 3 is 2.55 bits per heavy atom. The van der Waals surface area contributed by atoms with Crippen molar-refractivity contribution in [2.24, 2.45) is 5.92 Å². The Balaban J connectivity index is 2.01. The number of nitrogens with one attached hydrogen (secondary N) is 1. The minimum atomic E-state index is -0.629. The molecule has 1 atom stereocenters. The summed E-state index contributed by atoms with van der Waals surface area (Å²) < 4.78 is 6.87. The molecule has 0 bridgehead atoms. The highest BCUT2D eigenvalue weighted by molar-refractivity contribution is 7.99. The maximum absolute atomic E-state index is 12.4. The zero-order valence-corrected chi connectivity index (χ0v) is 18.4. The minimum Gasteiger partial charge on any atom is -0.467 e. The van der Waals surface area contributed by atoms with Crippen LogP contribution in [0.25, 0.3) is 0 Å². The molecule has 1 aromatic carbocycles. The second kappa shape index (κ2) is 11.6. The van der Waals surface area contributed by atoms with E-state index in [1.807, 2.05) is 32.0 Å². The van der Waals surface area contributed by atoms with Gasteiger partial charge in [0.2, 0.25) is 5.91 Å². The quantitative estimate of drug-likeness (QED) is 0.446. The van der Waals surface area contributed by atoms with Crippen LogP contribution in [0.5, 0.6) is 0 Å². The van der Waals surface area contributed by atoms with Crippen LogP contribution in [-0.4, -0.2) is 45.5 Å². The molecular formula is C21H30N4O3S. The Bertz CT molecular complexity index is 792. The molecule has 0 fully saturated rings. The average Bonchev–Trinajstić information content (AvgIpc) is 3.07. The normalized spacial score (nSPS) is 12.0. The number of carbonyl (C=O) groups excluding carboxylic acids is 2. The van der Waals surface area contributed by atoms with Crippen LogP contribution in [0.3, 0.4) is 0 Å². The number of rotatable bonds is 11. The van der Waals surface area contributed by atoms with Crippen molar-refractivity contribution in [1.29, 1.82) is 0 Å². The summed E-state index contributed by atoms with van der Waals surface area (Å²) in [5.74, 6) is 0.671. The van der Waals surface area contributed by atoms with E-state index in [0.717, 1.165) is 18.8 Å². The molecule has 1 amide bonds. The fraction of sp³-hybridized carbons (Fsp3) is 0.524. The predicted molar refractivity (Wildman–Crippen MR) is 114 cm³/mol. The van der Waals surface area contributed by atoms with Gasteiger partial charge in [-0.05, 0) is 24.3 Å². The highest BCUT2D eigenvalue weighted by atomic mass is 32.2. The van der Waals surface area contributed by atoms with Gasteiger partial charge in [-0.1, -0.05) is 62.9 Å². The van der Waals surface area contributed by atoms with Crippen molar-refractivity contribution >= 4 is 23.6 Å². The van der Waals surface area contributed by atoms with E-state index >= 15 is 0 Å². The Kier molecular flexibility index (Phi) is 9.18. The molecule has 1 aromatic heterocycles. The zero-order chi connectivity index (χ0) is 21.2. The van der Waals surface area contributed by atoms with E-state index in [4.69, 9.17) is 4.74 Å². The molecule has 2 aromatic rings. The SMILES string of the molecule is CCCn1c(Cc2ccccc2)nnc1SCC(=O)N[C@@H](CC(C)C)C(=O)OC. The van der Waals surface area contributed by atoms with E-state index in [2.05, 4.69) is 39.1 Å². The third kappa shape index (κ3) is 7.20. The first-order valence-corrected chi connectivity index (χ1v) is 10.9. The van der Waals surface area contributed by atoms with Crippen LogP contribution >= 0.6 is 11.8 Å². The Morgan fingerprint density at radius 1 is 1.21 bits per heavy atom. The lowest BCUT2D eigenvalue weighted by Crippen LogP contribution is -2.43. The van der Waals surface area contributed by atoms with Crippen molar-refractivity contribution < 1.29 is 14.3 Å². The molecule has 8 heteroatoms. The number of hydrogen-bond donors (Lipinski definition) is 1. The van der Waals surface area contributed by atoms with Crippen LogP contribution in [0.4, 0.5) is 0 Å². The number of benzene rings is 1. The summed E-state index contributed by atoms with van der Waals surface area (Å²) in [4.78, 5) is 24.3. The Morgan fingerprint density at radius 2 is 1.93 bits per heavy atom. The van der Waals surface area contributed by atoms with Gasteiger partial charge in [0.25, 0.3) is 0 Å². The van der Waals surface area contributed by atoms with E-state index in [-0.39, 0.29) is 17.6 Å². The third-order valence-electron chi connectivity index (χ3n) is 4.31. The smallest absolute Gasteiger partial charge is 0.328 e. The minimum absolute atomic E-state index is 0.165. The molecule has 0 spiro atoms. The monoisotopic (exact) mass is 418 g/mol. The second-order valence-electron chi connectivity index (χ2n) is 7.27. The molecule has 0 radical (unpaired) electrons. The van der Waals surface area contributed by atoms with Gasteiger partial charge in [0.1, 0.15) is 11.9 Å². The van der Waals surface area contributed by atoms with Crippen molar-refractivity contribution in [2.45, 2.75) is 57.8 Å². The van der Waals surface area contributed by atoms with Crippen molar-refractivity contribution in [2.75, 3.05) is 12.9 Å². The fourth-order valence-corrected chi connectivity index (χ4v) is 3.77. The van der Waals surface area contributed by atoms with Gasteiger partial charge >= 0.3 is 5.97 Å². The molecule has 0 aliphatic carbocycles. The van der Waals surface area contributed by atoms with Crippen molar-refractivity contribution in [3.63, 3.8) is 0 Å². The lowest BCUT2D eigenvalue weighted by Gasteiger charge is -2.18. The molecule has 0 unspecified atom stereocenters. The highest BCUT2D eigenvalue weighted by Gasteiger charge is 2.23. The van der Waals surface area contributed by atoms with Crippen LogP contribution in [0.2, 0.25) is 0 Å². The largest absolute Gasteiger partial charge is 0.467 e. The van der Waals surface area contributed by atoms with Gasteiger partial charge in [-0.25, -0.2) is 4.79 Å². The summed E-state index contributed by atoms with van der Waals surface area (Å²) in [5.41, 5.74) is 1.17. The number of hydrogen-bond acceptors (Lipinski definition) is 6. The van der Waals surface area contributed by atoms with E-state index in [1.54, 1.807) is 0 Å². The van der Waals surface area contributed by atoms with Gasteiger partial charge in [-0.3, -0.25) is 4.79 Å². The van der Waals surface area contributed by atoms with Gasteiger partial charge in [0.05, 0.1) is 12.9 Å². The molecule has 1 N–H and O–H groups in total. The molecule has 0 saturated heterocycles. The number of esters is 1. The van der Waals surface area contributed by atoms with Gasteiger partial charge in [-0.2, -0.15) is 0 Å². The lowest BCUT2D eigenvalue weighted by molar-refractivity contribution is -0.145. The fourth-order valence-electron chi connectivity index (χ4n) is 2.98. The standard InChI is InChI=1S/C21H30N4O3S/c1-5-11-25-18(13-16-9-7-6-8-10-16)23-24-21(25)29-14-19(26)22-17(12-15(2)3)20(27)28-4/h6-10,15,17H,5,11-14H2,1-4H3,(H,22,26)/t17-/m0/s1. The summed E-state index contributed by atoms with van der Waals surface area (Å²) in [6.07, 6.45) is 2.17. The summed E-state index contributed by atoms with van der Waals surface area (Å²) >= 11 is 1.33. The summed E-state index contributed by atoms with van der Waals surface area (Å²) in [6, 6.07) is 9.49. The molecule has 0 aliphatic heterocycles. The van der Waals surface area contributed by atoms with Crippen LogP contribution in [0, 0.1) is 5.92 Å². The predicted octanol–water partition coefficient (Wildman–Crippen LogP) is 3.07. The maximum atomic E-state index is 12.4. The molecule has 0 saturated carbocycles. The molecular weight excluding hydrogens is 388 g/mol. The Hall–Kier alpha value is -2.35. The second-order valence-corrected chi connectivity index (χ2v) is 8.22. The van der Waals surface area contributed by atoms with Crippen LogP contribution in [0.15, 0.2) is 35.5 Å². The average molecular weight is 419 g/mol. The van der Waals surface area contributed by atoms with Gasteiger partial charge in [-0.15, -0.1) is 10.2 Å². The number of thioether (sulfide) groups is 1.